The van der Waals surface area contributed by atoms with Crippen molar-refractivity contribution in [3.8, 4) is 5.75 Å². The molecular weight excluding hydrogens is 477 g/mol. The van der Waals surface area contributed by atoms with Gasteiger partial charge in [-0.2, -0.15) is 4.98 Å². The predicted molar refractivity (Wildman–Crippen MR) is 126 cm³/mol. The van der Waals surface area contributed by atoms with Crippen LogP contribution in [-0.4, -0.2) is 39.9 Å². The lowest BCUT2D eigenvalue weighted by Crippen LogP contribution is -2.16. The van der Waals surface area contributed by atoms with E-state index in [0.717, 1.165) is 30.8 Å². The topological polar surface area (TPSA) is 91.4 Å². The van der Waals surface area contributed by atoms with Gasteiger partial charge in [-0.15, -0.1) is 13.2 Å². The standard InChI is InChI=1S/C25H25F3N4O4/c1-2-3-4-21(33)16-5-8-20-19(11-16)29-23(32(20)13-15-9-10-34-14-15)31-24-30-18-7-6-17(12-22(18)35-24)36-25(26,27)28/h5-8,11-12,15H,2-4,9-10,13-14H2,1H3,(H,29,30,31). The van der Waals surface area contributed by atoms with Crippen molar-refractivity contribution in [2.24, 2.45) is 5.92 Å². The van der Waals surface area contributed by atoms with Crippen molar-refractivity contribution >= 4 is 39.9 Å². The summed E-state index contributed by atoms with van der Waals surface area (Å²) < 4.78 is 54.8. The van der Waals surface area contributed by atoms with Crippen molar-refractivity contribution in [3.05, 3.63) is 42.0 Å². The molecule has 0 bridgehead atoms. The van der Waals surface area contributed by atoms with Gasteiger partial charge in [0.15, 0.2) is 11.4 Å². The van der Waals surface area contributed by atoms with Crippen molar-refractivity contribution < 1.29 is 31.9 Å². The van der Waals surface area contributed by atoms with E-state index in [-0.39, 0.29) is 17.4 Å². The summed E-state index contributed by atoms with van der Waals surface area (Å²) in [6, 6.07) is 9.26. The number of ketones is 1. The molecule has 190 valence electrons. The Morgan fingerprint density at radius 1 is 1.19 bits per heavy atom. The molecule has 11 heteroatoms. The lowest BCUT2D eigenvalue weighted by molar-refractivity contribution is -0.274. The van der Waals surface area contributed by atoms with Gasteiger partial charge in [0, 0.05) is 37.1 Å². The van der Waals surface area contributed by atoms with E-state index in [1.807, 2.05) is 23.6 Å². The SMILES string of the molecule is CCCCC(=O)c1ccc2c(c1)nc(Nc1nc3ccc(OC(F)(F)F)cc3o1)n2CC1CCOC1. The smallest absolute Gasteiger partial charge is 0.423 e. The van der Waals surface area contributed by atoms with E-state index < -0.39 is 12.1 Å². The first-order chi connectivity index (χ1) is 17.3. The van der Waals surface area contributed by atoms with Gasteiger partial charge in [0.05, 0.1) is 17.6 Å². The summed E-state index contributed by atoms with van der Waals surface area (Å²) in [5.41, 5.74) is 2.59. The molecule has 8 nitrogen and oxygen atoms in total. The number of carbonyl (C=O) groups excluding carboxylic acids is 1. The molecule has 0 aliphatic carbocycles. The van der Waals surface area contributed by atoms with Crippen LogP contribution in [0.3, 0.4) is 0 Å². The van der Waals surface area contributed by atoms with Crippen LogP contribution in [0.15, 0.2) is 40.8 Å². The molecule has 1 aliphatic heterocycles. The zero-order valence-corrected chi connectivity index (χ0v) is 19.6. The fourth-order valence-corrected chi connectivity index (χ4v) is 4.30. The largest absolute Gasteiger partial charge is 0.573 e. The lowest BCUT2D eigenvalue weighted by atomic mass is 10.0. The molecule has 2 aromatic carbocycles. The van der Waals surface area contributed by atoms with E-state index >= 15 is 0 Å². The van der Waals surface area contributed by atoms with Crippen LogP contribution in [0.1, 0.15) is 43.0 Å². The van der Waals surface area contributed by atoms with Crippen LogP contribution in [0.2, 0.25) is 0 Å². The molecule has 5 rings (SSSR count). The van der Waals surface area contributed by atoms with Crippen molar-refractivity contribution in [2.75, 3.05) is 18.5 Å². The second kappa shape index (κ2) is 9.81. The van der Waals surface area contributed by atoms with Gasteiger partial charge in [-0.05, 0) is 43.2 Å². The van der Waals surface area contributed by atoms with Gasteiger partial charge in [-0.1, -0.05) is 13.3 Å². The fraction of sp³-hybridized carbons (Fsp3) is 0.400. The molecule has 1 saturated heterocycles. The summed E-state index contributed by atoms with van der Waals surface area (Å²) in [6.45, 7) is 4.01. The molecule has 3 heterocycles. The zero-order chi connectivity index (χ0) is 25.3. The average molecular weight is 502 g/mol. The number of rotatable bonds is 9. The van der Waals surface area contributed by atoms with E-state index in [4.69, 9.17) is 14.1 Å². The van der Waals surface area contributed by atoms with Crippen LogP contribution in [0.5, 0.6) is 5.75 Å². The van der Waals surface area contributed by atoms with E-state index in [9.17, 15) is 18.0 Å². The summed E-state index contributed by atoms with van der Waals surface area (Å²) in [4.78, 5) is 21.6. The summed E-state index contributed by atoms with van der Waals surface area (Å²) in [5.74, 6) is 0.419. The first-order valence-corrected chi connectivity index (χ1v) is 11.8. The molecule has 1 unspecified atom stereocenters. The number of anilines is 2. The van der Waals surface area contributed by atoms with Crippen LogP contribution in [0, 0.1) is 5.92 Å². The third-order valence-corrected chi connectivity index (χ3v) is 6.10. The maximum absolute atomic E-state index is 12.6. The summed E-state index contributed by atoms with van der Waals surface area (Å²) in [5, 5.41) is 3.06. The fourth-order valence-electron chi connectivity index (χ4n) is 4.30. The summed E-state index contributed by atoms with van der Waals surface area (Å²) in [6.07, 6.45) is -1.64. The molecule has 1 fully saturated rings. The maximum Gasteiger partial charge on any atom is 0.573 e. The Hall–Kier alpha value is -3.60. The van der Waals surface area contributed by atoms with Gasteiger partial charge >= 0.3 is 12.4 Å². The van der Waals surface area contributed by atoms with Crippen LogP contribution in [0.4, 0.5) is 25.1 Å². The van der Waals surface area contributed by atoms with E-state index in [0.29, 0.717) is 54.6 Å². The number of imidazole rings is 1. The van der Waals surface area contributed by atoms with E-state index in [2.05, 4.69) is 15.0 Å². The summed E-state index contributed by atoms with van der Waals surface area (Å²) >= 11 is 0. The van der Waals surface area contributed by atoms with Crippen LogP contribution >= 0.6 is 0 Å². The zero-order valence-electron chi connectivity index (χ0n) is 19.6. The third-order valence-electron chi connectivity index (χ3n) is 6.10. The second-order valence-corrected chi connectivity index (χ2v) is 8.83. The first-order valence-electron chi connectivity index (χ1n) is 11.8. The molecule has 36 heavy (non-hydrogen) atoms. The Kier molecular flexibility index (Phi) is 6.57. The number of aromatic nitrogens is 3. The van der Waals surface area contributed by atoms with Gasteiger partial charge in [-0.3, -0.25) is 10.1 Å². The number of alkyl halides is 3. The predicted octanol–water partition coefficient (Wildman–Crippen LogP) is 6.23. The number of unbranched alkanes of at least 4 members (excludes halogenated alkanes) is 1. The normalized spacial score (nSPS) is 16.2. The summed E-state index contributed by atoms with van der Waals surface area (Å²) in [7, 11) is 0. The number of Topliss-reactive ketones (excluding diaryl/α,β-unsaturated/α-hetero) is 1. The molecular formula is C25H25F3N4O4. The Morgan fingerprint density at radius 2 is 2.06 bits per heavy atom. The Morgan fingerprint density at radius 3 is 2.81 bits per heavy atom. The number of nitrogens with zero attached hydrogens (tertiary/aromatic N) is 3. The molecule has 0 saturated carbocycles. The van der Waals surface area contributed by atoms with Gasteiger partial charge in [-0.25, -0.2) is 4.98 Å². The number of benzene rings is 2. The lowest BCUT2D eigenvalue weighted by Gasteiger charge is -2.13. The van der Waals surface area contributed by atoms with Crippen molar-refractivity contribution in [1.82, 2.24) is 14.5 Å². The van der Waals surface area contributed by atoms with Crippen LogP contribution in [-0.2, 0) is 11.3 Å². The quantitative estimate of drug-likeness (QED) is 0.271. The first kappa shape index (κ1) is 24.1. The highest BCUT2D eigenvalue weighted by molar-refractivity contribution is 5.99. The number of nitrogens with one attached hydrogen (secondary N) is 1. The Labute approximate surface area is 204 Å². The maximum atomic E-state index is 12.6. The van der Waals surface area contributed by atoms with Crippen molar-refractivity contribution in [3.63, 3.8) is 0 Å². The van der Waals surface area contributed by atoms with Crippen LogP contribution < -0.4 is 10.1 Å². The van der Waals surface area contributed by atoms with E-state index in [1.54, 1.807) is 6.07 Å². The van der Waals surface area contributed by atoms with Crippen LogP contribution in [0.25, 0.3) is 22.1 Å². The second-order valence-electron chi connectivity index (χ2n) is 8.83. The van der Waals surface area contributed by atoms with Crippen molar-refractivity contribution in [1.29, 1.82) is 0 Å². The minimum absolute atomic E-state index is 0.0721. The minimum Gasteiger partial charge on any atom is -0.423 e. The molecule has 0 radical (unpaired) electrons. The molecule has 4 aromatic rings. The van der Waals surface area contributed by atoms with Crippen molar-refractivity contribution in [2.45, 2.75) is 45.5 Å². The average Bonchev–Trinajstić information content (AvgIpc) is 3.55. The number of halogens is 3. The molecule has 0 spiro atoms. The number of ether oxygens (including phenoxy) is 2. The monoisotopic (exact) mass is 502 g/mol. The van der Waals surface area contributed by atoms with E-state index in [1.165, 1.54) is 12.1 Å². The van der Waals surface area contributed by atoms with Gasteiger partial charge in [0.2, 0.25) is 5.95 Å². The molecule has 0 amide bonds. The number of hydrogen-bond donors (Lipinski definition) is 1. The molecule has 1 atom stereocenters. The van der Waals surface area contributed by atoms with Gasteiger partial charge < -0.3 is 18.5 Å². The minimum atomic E-state index is -4.81. The third kappa shape index (κ3) is 5.30. The van der Waals surface area contributed by atoms with Gasteiger partial charge in [0.1, 0.15) is 11.3 Å². The number of carbonyl (C=O) groups is 1. The van der Waals surface area contributed by atoms with Gasteiger partial charge in [0.25, 0.3) is 0 Å². The highest BCUT2D eigenvalue weighted by Gasteiger charge is 2.31. The number of hydrogen-bond acceptors (Lipinski definition) is 7. The molecule has 2 aromatic heterocycles. The number of oxazole rings is 1. The Bertz CT molecular complexity index is 1390. The highest BCUT2D eigenvalue weighted by Crippen LogP contribution is 2.31. The Balaban J connectivity index is 1.47. The molecule has 1 N–H and O–H groups in total. The number of fused-ring (bicyclic) bond motifs is 2. The molecule has 1 aliphatic rings. The highest BCUT2D eigenvalue weighted by atomic mass is 19.4.